The van der Waals surface area contributed by atoms with Crippen LogP contribution in [0.15, 0.2) is 109 Å². The Labute approximate surface area is 189 Å². The summed E-state index contributed by atoms with van der Waals surface area (Å²) >= 11 is 0. The molecule has 0 saturated heterocycles. The minimum atomic E-state index is 0.906. The predicted molar refractivity (Wildman–Crippen MR) is 133 cm³/mol. The fourth-order valence-electron chi connectivity index (χ4n) is 4.16. The molecule has 0 unspecified atom stereocenters. The summed E-state index contributed by atoms with van der Waals surface area (Å²) in [7, 11) is 0. The summed E-state index contributed by atoms with van der Waals surface area (Å²) in [6.07, 6.45) is 0. The van der Waals surface area contributed by atoms with E-state index in [0.29, 0.717) is 0 Å². The van der Waals surface area contributed by atoms with E-state index in [4.69, 9.17) is 9.97 Å². The SMILES string of the molecule is Cc1ccccc1-c1nc(C)c(-c2ccccc2-c2ccccc2)nc1-c1ccccc1. The van der Waals surface area contributed by atoms with Gasteiger partial charge in [-0.3, -0.25) is 0 Å². The molecule has 0 fully saturated rings. The smallest absolute Gasteiger partial charge is 0.0973 e. The van der Waals surface area contributed by atoms with Gasteiger partial charge < -0.3 is 0 Å². The number of hydrogen-bond donors (Lipinski definition) is 0. The van der Waals surface area contributed by atoms with Crippen molar-refractivity contribution in [2.75, 3.05) is 0 Å². The van der Waals surface area contributed by atoms with Gasteiger partial charge in [0.15, 0.2) is 0 Å². The van der Waals surface area contributed by atoms with Gasteiger partial charge in [0.25, 0.3) is 0 Å². The summed E-state index contributed by atoms with van der Waals surface area (Å²) < 4.78 is 0. The van der Waals surface area contributed by atoms with Crippen molar-refractivity contribution in [2.24, 2.45) is 0 Å². The molecular formula is C30H24N2. The van der Waals surface area contributed by atoms with Crippen LogP contribution in [0.1, 0.15) is 11.3 Å². The van der Waals surface area contributed by atoms with Crippen LogP contribution in [0.2, 0.25) is 0 Å². The van der Waals surface area contributed by atoms with Crippen molar-refractivity contribution in [3.63, 3.8) is 0 Å². The van der Waals surface area contributed by atoms with Crippen LogP contribution in [-0.2, 0) is 0 Å². The molecule has 1 heterocycles. The molecular weight excluding hydrogens is 388 g/mol. The minimum Gasteiger partial charge on any atom is -0.249 e. The van der Waals surface area contributed by atoms with E-state index in [2.05, 4.69) is 111 Å². The van der Waals surface area contributed by atoms with Crippen LogP contribution in [0, 0.1) is 13.8 Å². The molecule has 2 nitrogen and oxygen atoms in total. The number of rotatable bonds is 4. The molecule has 0 bridgehead atoms. The molecule has 0 aliphatic carbocycles. The molecule has 0 amide bonds. The van der Waals surface area contributed by atoms with Crippen molar-refractivity contribution in [2.45, 2.75) is 13.8 Å². The molecule has 0 N–H and O–H groups in total. The first-order chi connectivity index (χ1) is 15.7. The summed E-state index contributed by atoms with van der Waals surface area (Å²) in [4.78, 5) is 10.4. The van der Waals surface area contributed by atoms with E-state index in [-0.39, 0.29) is 0 Å². The molecule has 2 heteroatoms. The lowest BCUT2D eigenvalue weighted by Crippen LogP contribution is -2.02. The quantitative estimate of drug-likeness (QED) is 0.301. The van der Waals surface area contributed by atoms with Crippen LogP contribution in [0.3, 0.4) is 0 Å². The Balaban J connectivity index is 1.78. The van der Waals surface area contributed by atoms with Gasteiger partial charge in [0.05, 0.1) is 22.8 Å². The third-order valence-corrected chi connectivity index (χ3v) is 5.78. The maximum atomic E-state index is 5.25. The van der Waals surface area contributed by atoms with Gasteiger partial charge in [0, 0.05) is 16.7 Å². The van der Waals surface area contributed by atoms with Gasteiger partial charge in [-0.05, 0) is 30.5 Å². The molecule has 154 valence electrons. The molecule has 0 saturated carbocycles. The second kappa shape index (κ2) is 8.60. The standard InChI is InChI=1S/C30H24N2/c1-21-13-9-10-18-25(21)30-29(24-16-7-4-8-17-24)32-28(22(2)31-30)27-20-12-11-19-26(27)23-14-5-3-6-15-23/h3-20H,1-2H3. The van der Waals surface area contributed by atoms with Crippen molar-refractivity contribution >= 4 is 0 Å². The largest absolute Gasteiger partial charge is 0.249 e. The molecule has 0 aliphatic heterocycles. The second-order valence-electron chi connectivity index (χ2n) is 7.95. The number of aryl methyl sites for hydroxylation is 2. The summed E-state index contributed by atoms with van der Waals surface area (Å²) in [6, 6.07) is 37.6. The fraction of sp³-hybridized carbons (Fsp3) is 0.0667. The van der Waals surface area contributed by atoms with Crippen molar-refractivity contribution in [1.82, 2.24) is 9.97 Å². The maximum absolute atomic E-state index is 5.25. The lowest BCUT2D eigenvalue weighted by Gasteiger charge is -2.17. The molecule has 5 rings (SSSR count). The third-order valence-electron chi connectivity index (χ3n) is 5.78. The molecule has 0 atom stereocenters. The first-order valence-corrected chi connectivity index (χ1v) is 10.9. The number of aromatic nitrogens is 2. The van der Waals surface area contributed by atoms with Gasteiger partial charge in [-0.2, -0.15) is 0 Å². The van der Waals surface area contributed by atoms with Crippen LogP contribution in [0.4, 0.5) is 0 Å². The van der Waals surface area contributed by atoms with E-state index >= 15 is 0 Å². The Morgan fingerprint density at radius 3 is 1.59 bits per heavy atom. The van der Waals surface area contributed by atoms with Gasteiger partial charge in [-0.25, -0.2) is 9.97 Å². The molecule has 32 heavy (non-hydrogen) atoms. The Kier molecular flexibility index (Phi) is 5.35. The molecule has 4 aromatic carbocycles. The van der Waals surface area contributed by atoms with Crippen LogP contribution in [-0.4, -0.2) is 9.97 Å². The topological polar surface area (TPSA) is 25.8 Å². The summed E-state index contributed by atoms with van der Waals surface area (Å²) in [6.45, 7) is 4.18. The lowest BCUT2D eigenvalue weighted by atomic mass is 9.95. The fourth-order valence-corrected chi connectivity index (χ4v) is 4.16. The third kappa shape index (κ3) is 3.72. The van der Waals surface area contributed by atoms with E-state index in [0.717, 1.165) is 45.0 Å². The van der Waals surface area contributed by atoms with Crippen LogP contribution >= 0.6 is 0 Å². The van der Waals surface area contributed by atoms with Crippen LogP contribution in [0.25, 0.3) is 44.9 Å². The van der Waals surface area contributed by atoms with E-state index in [1.165, 1.54) is 11.1 Å². The maximum Gasteiger partial charge on any atom is 0.0973 e. The molecule has 1 aromatic heterocycles. The number of nitrogens with zero attached hydrogens (tertiary/aromatic N) is 2. The van der Waals surface area contributed by atoms with E-state index in [9.17, 15) is 0 Å². The highest BCUT2D eigenvalue weighted by molar-refractivity contribution is 5.86. The van der Waals surface area contributed by atoms with E-state index in [1.807, 2.05) is 12.1 Å². The van der Waals surface area contributed by atoms with Gasteiger partial charge in [0.1, 0.15) is 0 Å². The zero-order chi connectivity index (χ0) is 21.9. The van der Waals surface area contributed by atoms with Gasteiger partial charge in [-0.15, -0.1) is 0 Å². The van der Waals surface area contributed by atoms with Gasteiger partial charge >= 0.3 is 0 Å². The zero-order valence-corrected chi connectivity index (χ0v) is 18.3. The van der Waals surface area contributed by atoms with Gasteiger partial charge in [0.2, 0.25) is 0 Å². The van der Waals surface area contributed by atoms with E-state index in [1.54, 1.807) is 0 Å². The highest BCUT2D eigenvalue weighted by atomic mass is 14.8. The molecule has 5 aromatic rings. The average molecular weight is 413 g/mol. The Morgan fingerprint density at radius 2 is 0.938 bits per heavy atom. The van der Waals surface area contributed by atoms with Crippen molar-refractivity contribution in [1.29, 1.82) is 0 Å². The molecule has 0 radical (unpaired) electrons. The predicted octanol–water partition coefficient (Wildman–Crippen LogP) is 7.76. The summed E-state index contributed by atoms with van der Waals surface area (Å²) in [5.41, 5.74) is 10.5. The van der Waals surface area contributed by atoms with Crippen LogP contribution in [0.5, 0.6) is 0 Å². The van der Waals surface area contributed by atoms with Crippen LogP contribution < -0.4 is 0 Å². The second-order valence-corrected chi connectivity index (χ2v) is 7.95. The highest BCUT2D eigenvalue weighted by Gasteiger charge is 2.18. The Morgan fingerprint density at radius 1 is 0.406 bits per heavy atom. The molecule has 0 aliphatic rings. The van der Waals surface area contributed by atoms with Gasteiger partial charge in [-0.1, -0.05) is 109 Å². The summed E-state index contributed by atoms with van der Waals surface area (Å²) in [5, 5.41) is 0. The Hall–Kier alpha value is -4.04. The Bertz CT molecular complexity index is 1370. The van der Waals surface area contributed by atoms with Crippen molar-refractivity contribution < 1.29 is 0 Å². The highest BCUT2D eigenvalue weighted by Crippen LogP contribution is 2.37. The normalized spacial score (nSPS) is 10.8. The first-order valence-electron chi connectivity index (χ1n) is 10.9. The number of hydrogen-bond acceptors (Lipinski definition) is 2. The van der Waals surface area contributed by atoms with E-state index < -0.39 is 0 Å². The van der Waals surface area contributed by atoms with Crippen molar-refractivity contribution in [3.05, 3.63) is 120 Å². The number of benzene rings is 4. The first kappa shape index (κ1) is 19.9. The van der Waals surface area contributed by atoms with Crippen molar-refractivity contribution in [3.8, 4) is 44.9 Å². The summed E-state index contributed by atoms with van der Waals surface area (Å²) in [5.74, 6) is 0. The lowest BCUT2D eigenvalue weighted by molar-refractivity contribution is 1.13. The minimum absolute atomic E-state index is 0.906. The monoisotopic (exact) mass is 412 g/mol. The zero-order valence-electron chi connectivity index (χ0n) is 18.3. The molecule has 0 spiro atoms. The average Bonchev–Trinajstić information content (AvgIpc) is 2.85.